The summed E-state index contributed by atoms with van der Waals surface area (Å²) in [6.45, 7) is 5.07. The molecule has 0 saturated heterocycles. The molecule has 0 atom stereocenters. The summed E-state index contributed by atoms with van der Waals surface area (Å²) in [6, 6.07) is 6.64. The fraction of sp³-hybridized carbons (Fsp3) is 0.353. The minimum atomic E-state index is -0.680. The van der Waals surface area contributed by atoms with Crippen molar-refractivity contribution >= 4 is 12.1 Å². The number of carbonyl (C=O) groups is 2. The van der Waals surface area contributed by atoms with Crippen LogP contribution in [0.2, 0.25) is 0 Å². The maximum atomic E-state index is 12.2. The molecule has 0 fully saturated rings. The molecule has 2 aromatic rings. The van der Waals surface area contributed by atoms with Crippen LogP contribution in [-0.4, -0.2) is 35.0 Å². The Labute approximate surface area is 135 Å². The molecular weight excluding hydrogens is 296 g/mol. The van der Waals surface area contributed by atoms with E-state index in [1.807, 2.05) is 13.8 Å². The lowest BCUT2D eigenvalue weighted by Crippen LogP contribution is -2.34. The van der Waals surface area contributed by atoms with Crippen molar-refractivity contribution in [3.63, 3.8) is 0 Å². The molecule has 1 amide bonds. The van der Waals surface area contributed by atoms with Gasteiger partial charge in [-0.3, -0.25) is 0 Å². The number of ether oxygens (including phenoxy) is 1. The molecule has 2 rings (SSSR count). The number of aromatic nitrogens is 1. The zero-order valence-electron chi connectivity index (χ0n) is 13.3. The molecule has 0 saturated carbocycles. The second-order valence-corrected chi connectivity index (χ2v) is 5.06. The third kappa shape index (κ3) is 4.42. The van der Waals surface area contributed by atoms with Crippen LogP contribution in [0.5, 0.6) is 0 Å². The van der Waals surface area contributed by atoms with Crippen molar-refractivity contribution in [2.45, 2.75) is 26.7 Å². The van der Waals surface area contributed by atoms with E-state index in [4.69, 9.17) is 9.15 Å². The van der Waals surface area contributed by atoms with Crippen LogP contribution in [0, 0.1) is 0 Å². The lowest BCUT2D eigenvalue weighted by atomic mass is 10.1. The van der Waals surface area contributed by atoms with Crippen molar-refractivity contribution in [3.05, 3.63) is 42.3 Å². The largest absolute Gasteiger partial charge is 0.445 e. The minimum Gasteiger partial charge on any atom is -0.445 e. The van der Waals surface area contributed by atoms with Gasteiger partial charge in [-0.2, -0.15) is 0 Å². The van der Waals surface area contributed by atoms with E-state index in [2.05, 4.69) is 4.98 Å². The van der Waals surface area contributed by atoms with Crippen LogP contribution in [-0.2, 0) is 4.74 Å². The van der Waals surface area contributed by atoms with Crippen LogP contribution in [0.1, 0.15) is 37.0 Å². The molecule has 6 nitrogen and oxygen atoms in total. The number of esters is 1. The van der Waals surface area contributed by atoms with Crippen molar-refractivity contribution < 1.29 is 18.7 Å². The number of rotatable bonds is 6. The molecule has 1 aromatic heterocycles. The first-order valence-electron chi connectivity index (χ1n) is 7.66. The van der Waals surface area contributed by atoms with Gasteiger partial charge in [0.05, 0.1) is 11.8 Å². The zero-order valence-corrected chi connectivity index (χ0v) is 13.3. The molecule has 0 aliphatic carbocycles. The molecule has 0 N–H and O–H groups in total. The Hall–Kier alpha value is -2.63. The van der Waals surface area contributed by atoms with Gasteiger partial charge in [-0.25, -0.2) is 14.6 Å². The average Bonchev–Trinajstić information content (AvgIpc) is 3.09. The van der Waals surface area contributed by atoms with E-state index in [9.17, 15) is 9.59 Å². The van der Waals surface area contributed by atoms with E-state index < -0.39 is 12.1 Å². The molecule has 0 bridgehead atoms. The third-order valence-electron chi connectivity index (χ3n) is 3.20. The van der Waals surface area contributed by atoms with Gasteiger partial charge >= 0.3 is 12.1 Å². The summed E-state index contributed by atoms with van der Waals surface area (Å²) in [5, 5.41) is 0. The monoisotopic (exact) mass is 316 g/mol. The van der Waals surface area contributed by atoms with Crippen molar-refractivity contribution in [2.24, 2.45) is 0 Å². The van der Waals surface area contributed by atoms with E-state index in [0.29, 0.717) is 24.5 Å². The van der Waals surface area contributed by atoms with E-state index in [1.165, 1.54) is 17.4 Å². The first kappa shape index (κ1) is 16.7. The van der Waals surface area contributed by atoms with Crippen LogP contribution in [0.4, 0.5) is 4.79 Å². The molecule has 1 aromatic carbocycles. The lowest BCUT2D eigenvalue weighted by molar-refractivity contribution is 0.0541. The molecule has 6 heteroatoms. The lowest BCUT2D eigenvalue weighted by Gasteiger charge is -2.19. The molecule has 0 aliphatic heterocycles. The fourth-order valence-electron chi connectivity index (χ4n) is 2.18. The minimum absolute atomic E-state index is 0.280. The number of benzene rings is 1. The van der Waals surface area contributed by atoms with E-state index >= 15 is 0 Å². The highest BCUT2D eigenvalue weighted by atomic mass is 16.6. The molecular formula is C17H20N2O4. The SMILES string of the molecule is CCCN(CCC)C(=O)OC(=O)c1cccc(-c2ncco2)c1. The molecule has 1 heterocycles. The molecule has 0 unspecified atom stereocenters. The van der Waals surface area contributed by atoms with Crippen LogP contribution < -0.4 is 0 Å². The van der Waals surface area contributed by atoms with E-state index in [1.54, 1.807) is 24.3 Å². The van der Waals surface area contributed by atoms with Gasteiger partial charge in [0.2, 0.25) is 5.89 Å². The second-order valence-electron chi connectivity index (χ2n) is 5.06. The molecule has 0 spiro atoms. The Morgan fingerprint density at radius 2 is 1.96 bits per heavy atom. The van der Waals surface area contributed by atoms with Crippen LogP contribution >= 0.6 is 0 Å². The van der Waals surface area contributed by atoms with Gasteiger partial charge in [0.15, 0.2) is 0 Å². The van der Waals surface area contributed by atoms with Gasteiger partial charge in [0.1, 0.15) is 6.26 Å². The Bertz CT molecular complexity index is 646. The van der Waals surface area contributed by atoms with Gasteiger partial charge in [0.25, 0.3) is 0 Å². The standard InChI is InChI=1S/C17H20N2O4/c1-3-9-19(10-4-2)17(21)23-16(20)14-7-5-6-13(12-14)15-18-8-11-22-15/h5-8,11-12H,3-4,9-10H2,1-2H3. The summed E-state index contributed by atoms with van der Waals surface area (Å²) < 4.78 is 10.2. The summed E-state index contributed by atoms with van der Waals surface area (Å²) in [6.07, 6.45) is 3.99. The highest BCUT2D eigenvalue weighted by Gasteiger charge is 2.19. The van der Waals surface area contributed by atoms with Crippen LogP contribution in [0.25, 0.3) is 11.5 Å². The zero-order chi connectivity index (χ0) is 16.7. The van der Waals surface area contributed by atoms with E-state index in [0.717, 1.165) is 12.8 Å². The topological polar surface area (TPSA) is 72.6 Å². The Kier molecular flexibility index (Phi) is 5.91. The molecule has 0 aliphatic rings. The maximum absolute atomic E-state index is 12.2. The predicted octanol–water partition coefficient (Wildman–Crippen LogP) is 3.74. The van der Waals surface area contributed by atoms with Crippen molar-refractivity contribution in [1.29, 1.82) is 0 Å². The van der Waals surface area contributed by atoms with Gasteiger partial charge < -0.3 is 14.1 Å². The average molecular weight is 316 g/mol. The molecule has 0 radical (unpaired) electrons. The Morgan fingerprint density at radius 1 is 1.22 bits per heavy atom. The molecule has 23 heavy (non-hydrogen) atoms. The summed E-state index contributed by atoms with van der Waals surface area (Å²) in [4.78, 5) is 29.8. The summed E-state index contributed by atoms with van der Waals surface area (Å²) >= 11 is 0. The van der Waals surface area contributed by atoms with Gasteiger partial charge in [-0.1, -0.05) is 19.9 Å². The third-order valence-corrected chi connectivity index (χ3v) is 3.20. The smallest absolute Gasteiger partial charge is 0.417 e. The Morgan fingerprint density at radius 3 is 2.57 bits per heavy atom. The summed E-state index contributed by atoms with van der Waals surface area (Å²) in [5.74, 6) is -0.273. The fourth-order valence-corrected chi connectivity index (χ4v) is 2.18. The first-order chi connectivity index (χ1) is 11.2. The maximum Gasteiger partial charge on any atom is 0.417 e. The summed E-state index contributed by atoms with van der Waals surface area (Å²) in [7, 11) is 0. The highest BCUT2D eigenvalue weighted by Crippen LogP contribution is 2.19. The van der Waals surface area contributed by atoms with Gasteiger partial charge in [-0.15, -0.1) is 0 Å². The predicted molar refractivity (Wildman–Crippen MR) is 84.9 cm³/mol. The van der Waals surface area contributed by atoms with Crippen molar-refractivity contribution in [2.75, 3.05) is 13.1 Å². The van der Waals surface area contributed by atoms with Crippen molar-refractivity contribution in [1.82, 2.24) is 9.88 Å². The number of hydrogen-bond donors (Lipinski definition) is 0. The van der Waals surface area contributed by atoms with Gasteiger partial charge in [0, 0.05) is 18.7 Å². The van der Waals surface area contributed by atoms with Crippen LogP contribution in [0.15, 0.2) is 41.1 Å². The Balaban J connectivity index is 2.08. The molecule has 122 valence electrons. The van der Waals surface area contributed by atoms with Gasteiger partial charge in [-0.05, 0) is 31.0 Å². The quantitative estimate of drug-likeness (QED) is 0.599. The van der Waals surface area contributed by atoms with E-state index in [-0.39, 0.29) is 5.56 Å². The number of oxazole rings is 1. The number of hydrogen-bond acceptors (Lipinski definition) is 5. The number of nitrogens with zero attached hydrogens (tertiary/aromatic N) is 2. The highest BCUT2D eigenvalue weighted by molar-refractivity contribution is 5.97. The van der Waals surface area contributed by atoms with Crippen LogP contribution in [0.3, 0.4) is 0 Å². The first-order valence-corrected chi connectivity index (χ1v) is 7.66. The van der Waals surface area contributed by atoms with Crippen molar-refractivity contribution in [3.8, 4) is 11.5 Å². The summed E-state index contributed by atoms with van der Waals surface area (Å²) in [5.41, 5.74) is 0.929. The second kappa shape index (κ2) is 8.12. The number of carbonyl (C=O) groups excluding carboxylic acids is 2. The normalized spacial score (nSPS) is 10.3. The number of amides is 1.